The molecule has 1 N–H and O–H groups in total. The van der Waals surface area contributed by atoms with Crippen LogP contribution in [0.4, 0.5) is 0 Å². The van der Waals surface area contributed by atoms with Crippen LogP contribution in [0.1, 0.15) is 43.5 Å². The van der Waals surface area contributed by atoms with Gasteiger partial charge >= 0.3 is 5.97 Å². The summed E-state index contributed by atoms with van der Waals surface area (Å²) in [6.07, 6.45) is 3.04. The lowest BCUT2D eigenvalue weighted by Gasteiger charge is -2.38. The second-order valence-electron chi connectivity index (χ2n) is 6.28. The number of benzene rings is 1. The molecule has 1 aromatic rings. The number of piperidine rings is 1. The smallest absolute Gasteiger partial charge is 0.325 e. The van der Waals surface area contributed by atoms with Crippen molar-refractivity contribution in [1.29, 1.82) is 0 Å². The topological polar surface area (TPSA) is 75.7 Å². The number of hydrogen-bond donors (Lipinski definition) is 1. The van der Waals surface area contributed by atoms with Crippen molar-refractivity contribution >= 4 is 33.7 Å². The van der Waals surface area contributed by atoms with Crippen LogP contribution in [-0.2, 0) is 14.3 Å². The summed E-state index contributed by atoms with van der Waals surface area (Å²) in [5.74, 6) is -1.18. The van der Waals surface area contributed by atoms with Crippen LogP contribution in [0.25, 0.3) is 0 Å². The summed E-state index contributed by atoms with van der Waals surface area (Å²) in [7, 11) is 0. The molecule has 0 spiro atoms. The van der Waals surface area contributed by atoms with Crippen LogP contribution in [0.3, 0.4) is 0 Å². The maximum Gasteiger partial charge on any atom is 0.325 e. The highest BCUT2D eigenvalue weighted by atomic mass is 79.9. The average Bonchev–Trinajstić information content (AvgIpc) is 2.58. The third kappa shape index (κ3) is 5.56. The van der Waals surface area contributed by atoms with E-state index in [9.17, 15) is 14.4 Å². The Morgan fingerprint density at radius 1 is 1.16 bits per heavy atom. The van der Waals surface area contributed by atoms with Gasteiger partial charge in [-0.25, -0.2) is 0 Å². The van der Waals surface area contributed by atoms with Crippen molar-refractivity contribution in [1.82, 2.24) is 10.2 Å². The molecule has 1 fully saturated rings. The van der Waals surface area contributed by atoms with E-state index in [0.717, 1.165) is 23.7 Å². The summed E-state index contributed by atoms with van der Waals surface area (Å²) >= 11 is 3.29. The summed E-state index contributed by atoms with van der Waals surface area (Å²) in [6.45, 7) is 3.45. The molecular formula is C18H23BrN2O4. The lowest BCUT2D eigenvalue weighted by molar-refractivity contribution is -0.154. The summed E-state index contributed by atoms with van der Waals surface area (Å²) in [6, 6.07) is 7.10. The van der Waals surface area contributed by atoms with Crippen LogP contribution < -0.4 is 5.32 Å². The molecule has 25 heavy (non-hydrogen) atoms. The van der Waals surface area contributed by atoms with Gasteiger partial charge in [0, 0.05) is 22.1 Å². The molecule has 6 nitrogen and oxygen atoms in total. The van der Waals surface area contributed by atoms with Crippen LogP contribution in [0, 0.1) is 0 Å². The third-order valence-corrected chi connectivity index (χ3v) is 4.87. The van der Waals surface area contributed by atoms with Gasteiger partial charge in [-0.2, -0.15) is 0 Å². The van der Waals surface area contributed by atoms with E-state index >= 15 is 0 Å². The predicted molar refractivity (Wildman–Crippen MR) is 97.1 cm³/mol. The Kier molecular flexibility index (Phi) is 6.99. The number of likely N-dealkylation sites (tertiary alicyclic amines) is 1. The SMILES string of the molecule is CC1CCCC(C)N1C(=O)COC(=O)CNC(=O)c1ccc(Br)cc1. The van der Waals surface area contributed by atoms with Crippen molar-refractivity contribution in [3.8, 4) is 0 Å². The molecule has 2 rings (SSSR count). The lowest BCUT2D eigenvalue weighted by Crippen LogP contribution is -2.49. The molecule has 7 heteroatoms. The molecule has 1 heterocycles. The minimum atomic E-state index is -0.629. The van der Waals surface area contributed by atoms with Gasteiger partial charge in [-0.05, 0) is 57.4 Å². The van der Waals surface area contributed by atoms with E-state index in [0.29, 0.717) is 5.56 Å². The summed E-state index contributed by atoms with van der Waals surface area (Å²) in [4.78, 5) is 37.8. The molecule has 0 aromatic heterocycles. The molecule has 0 aliphatic carbocycles. The second kappa shape index (κ2) is 8.99. The van der Waals surface area contributed by atoms with Crippen molar-refractivity contribution in [3.63, 3.8) is 0 Å². The van der Waals surface area contributed by atoms with Gasteiger partial charge < -0.3 is 15.0 Å². The first-order valence-corrected chi connectivity index (χ1v) is 9.18. The Balaban J connectivity index is 1.75. The first-order valence-electron chi connectivity index (χ1n) is 8.39. The van der Waals surface area contributed by atoms with Gasteiger partial charge in [-0.3, -0.25) is 14.4 Å². The number of ether oxygens (including phenoxy) is 1. The van der Waals surface area contributed by atoms with E-state index in [1.54, 1.807) is 29.2 Å². The van der Waals surface area contributed by atoms with Gasteiger partial charge in [-0.1, -0.05) is 15.9 Å². The third-order valence-electron chi connectivity index (χ3n) is 4.34. The Bertz CT molecular complexity index is 622. The predicted octanol–water partition coefficient (Wildman–Crippen LogP) is 2.51. The zero-order valence-electron chi connectivity index (χ0n) is 14.5. The van der Waals surface area contributed by atoms with Gasteiger partial charge in [0.25, 0.3) is 11.8 Å². The maximum absolute atomic E-state index is 12.3. The molecule has 0 radical (unpaired) electrons. The molecular weight excluding hydrogens is 388 g/mol. The number of nitrogens with one attached hydrogen (secondary N) is 1. The number of amides is 2. The molecule has 2 unspecified atom stereocenters. The van der Waals surface area contributed by atoms with E-state index < -0.39 is 5.97 Å². The van der Waals surface area contributed by atoms with E-state index in [2.05, 4.69) is 21.2 Å². The first-order chi connectivity index (χ1) is 11.9. The highest BCUT2D eigenvalue weighted by Gasteiger charge is 2.29. The van der Waals surface area contributed by atoms with E-state index in [-0.39, 0.29) is 37.0 Å². The number of halogens is 1. The van der Waals surface area contributed by atoms with Crippen molar-refractivity contribution < 1.29 is 19.1 Å². The minimum absolute atomic E-state index is 0.159. The molecule has 0 bridgehead atoms. The molecule has 136 valence electrons. The van der Waals surface area contributed by atoms with Crippen LogP contribution in [-0.4, -0.2) is 47.9 Å². The number of carbonyl (C=O) groups excluding carboxylic acids is 3. The molecule has 0 saturated carbocycles. The second-order valence-corrected chi connectivity index (χ2v) is 7.20. The Morgan fingerprint density at radius 3 is 2.36 bits per heavy atom. The number of nitrogens with zero attached hydrogens (tertiary/aromatic N) is 1. The highest BCUT2D eigenvalue weighted by Crippen LogP contribution is 2.22. The largest absolute Gasteiger partial charge is 0.454 e. The van der Waals surface area contributed by atoms with E-state index in [4.69, 9.17) is 4.74 Å². The van der Waals surface area contributed by atoms with Crippen LogP contribution in [0.5, 0.6) is 0 Å². The molecule has 2 amide bonds. The molecule has 1 saturated heterocycles. The van der Waals surface area contributed by atoms with Crippen molar-refractivity contribution in [2.45, 2.75) is 45.2 Å². The van der Waals surface area contributed by atoms with E-state index in [1.807, 2.05) is 13.8 Å². The summed E-state index contributed by atoms with van der Waals surface area (Å²) in [5.41, 5.74) is 0.447. The monoisotopic (exact) mass is 410 g/mol. The summed E-state index contributed by atoms with van der Waals surface area (Å²) in [5, 5.41) is 2.49. The number of rotatable bonds is 5. The molecule has 1 aromatic carbocycles. The Morgan fingerprint density at radius 2 is 1.76 bits per heavy atom. The lowest BCUT2D eigenvalue weighted by atomic mass is 9.97. The van der Waals surface area contributed by atoms with Crippen molar-refractivity contribution in [2.75, 3.05) is 13.2 Å². The van der Waals surface area contributed by atoms with Crippen LogP contribution in [0.15, 0.2) is 28.7 Å². The number of esters is 1. The normalized spacial score (nSPS) is 20.0. The van der Waals surface area contributed by atoms with Crippen molar-refractivity contribution in [3.05, 3.63) is 34.3 Å². The molecule has 1 aliphatic heterocycles. The zero-order chi connectivity index (χ0) is 18.4. The van der Waals surface area contributed by atoms with Gasteiger partial charge in [0.05, 0.1) is 0 Å². The van der Waals surface area contributed by atoms with Gasteiger partial charge in [0.15, 0.2) is 6.61 Å². The van der Waals surface area contributed by atoms with Gasteiger partial charge in [0.1, 0.15) is 6.54 Å². The maximum atomic E-state index is 12.3. The Labute approximate surface area is 156 Å². The fraction of sp³-hybridized carbons (Fsp3) is 0.500. The van der Waals surface area contributed by atoms with Crippen LogP contribution in [0.2, 0.25) is 0 Å². The van der Waals surface area contributed by atoms with Crippen molar-refractivity contribution in [2.24, 2.45) is 0 Å². The number of carbonyl (C=O) groups is 3. The Hall–Kier alpha value is -1.89. The highest BCUT2D eigenvalue weighted by molar-refractivity contribution is 9.10. The fourth-order valence-corrected chi connectivity index (χ4v) is 3.30. The van der Waals surface area contributed by atoms with Gasteiger partial charge in [-0.15, -0.1) is 0 Å². The first kappa shape index (κ1) is 19.4. The zero-order valence-corrected chi connectivity index (χ0v) is 16.0. The standard InChI is InChI=1S/C18H23BrN2O4/c1-12-4-3-5-13(2)21(12)16(22)11-25-17(23)10-20-18(24)14-6-8-15(19)9-7-14/h6-9,12-13H,3-5,10-11H2,1-2H3,(H,20,24). The molecule has 1 aliphatic rings. The minimum Gasteiger partial charge on any atom is -0.454 e. The quantitative estimate of drug-likeness (QED) is 0.756. The summed E-state index contributed by atoms with van der Waals surface area (Å²) < 4.78 is 5.87. The van der Waals surface area contributed by atoms with E-state index in [1.165, 1.54) is 0 Å². The van der Waals surface area contributed by atoms with Gasteiger partial charge in [0.2, 0.25) is 0 Å². The molecule has 2 atom stereocenters. The number of hydrogen-bond acceptors (Lipinski definition) is 4. The fourth-order valence-electron chi connectivity index (χ4n) is 3.04. The average molecular weight is 411 g/mol. The van der Waals surface area contributed by atoms with Crippen LogP contribution >= 0.6 is 15.9 Å².